The molecule has 0 unspecified atom stereocenters. The number of hydrogen-bond donors (Lipinski definition) is 0. The molecule has 0 N–H and O–H groups in total. The zero-order valence-corrected chi connectivity index (χ0v) is 34.7. The van der Waals surface area contributed by atoms with Crippen LogP contribution in [-0.4, -0.2) is 19.9 Å². The number of aromatic nitrogens is 4. The van der Waals surface area contributed by atoms with E-state index in [4.69, 9.17) is 19.9 Å². The van der Waals surface area contributed by atoms with Gasteiger partial charge in [0.1, 0.15) is 0 Å². The average molecular weight is 815 g/mol. The van der Waals surface area contributed by atoms with Crippen molar-refractivity contribution >= 4 is 43.2 Å². The number of nitrogens with zero attached hydrogens (tertiary/aromatic N) is 4. The molecule has 2 heterocycles. The highest BCUT2D eigenvalue weighted by molar-refractivity contribution is 6.11. The smallest absolute Gasteiger partial charge is 0.164 e. The minimum atomic E-state index is 0.615. The molecule has 64 heavy (non-hydrogen) atoms. The molecule has 2 aromatic heterocycles. The third-order valence-corrected chi connectivity index (χ3v) is 12.2. The fraction of sp³-hybridized carbons (Fsp3) is 0. The topological polar surface area (TPSA) is 51.6 Å². The molecule has 0 saturated carbocycles. The van der Waals surface area contributed by atoms with E-state index in [1.54, 1.807) is 0 Å². The van der Waals surface area contributed by atoms with Gasteiger partial charge in [0.15, 0.2) is 17.5 Å². The summed E-state index contributed by atoms with van der Waals surface area (Å²) in [4.78, 5) is 20.5. The predicted octanol–water partition coefficient (Wildman–Crippen LogP) is 15.5. The van der Waals surface area contributed by atoms with Crippen LogP contribution in [0.15, 0.2) is 231 Å². The fourth-order valence-corrected chi connectivity index (χ4v) is 8.95. The van der Waals surface area contributed by atoms with Crippen molar-refractivity contribution in [2.45, 2.75) is 0 Å². The Morgan fingerprint density at radius 1 is 0.203 bits per heavy atom. The van der Waals surface area contributed by atoms with E-state index in [0.29, 0.717) is 17.5 Å². The molecule has 298 valence electrons. The van der Waals surface area contributed by atoms with Crippen LogP contribution in [-0.2, 0) is 0 Å². The third-order valence-electron chi connectivity index (χ3n) is 12.2. The summed E-state index contributed by atoms with van der Waals surface area (Å²) in [5, 5.41) is 8.29. The van der Waals surface area contributed by atoms with Crippen molar-refractivity contribution in [1.82, 2.24) is 19.9 Å². The van der Waals surface area contributed by atoms with E-state index in [1.165, 1.54) is 32.7 Å². The summed E-state index contributed by atoms with van der Waals surface area (Å²) in [6.45, 7) is 0. The van der Waals surface area contributed by atoms with Crippen LogP contribution in [0.3, 0.4) is 0 Å². The van der Waals surface area contributed by atoms with Gasteiger partial charge in [-0.1, -0.05) is 188 Å². The highest BCUT2D eigenvalue weighted by Gasteiger charge is 2.16. The Kier molecular flexibility index (Phi) is 9.12. The molecule has 0 amide bonds. The minimum Gasteiger partial charge on any atom is -0.247 e. The van der Waals surface area contributed by atoms with E-state index in [1.807, 2.05) is 60.7 Å². The number of para-hydroxylation sites is 1. The van der Waals surface area contributed by atoms with E-state index in [2.05, 4.69) is 170 Å². The summed E-state index contributed by atoms with van der Waals surface area (Å²) < 4.78 is 0. The fourth-order valence-electron chi connectivity index (χ4n) is 8.95. The summed E-state index contributed by atoms with van der Waals surface area (Å²) in [6, 6.07) is 81.4. The molecule has 0 aliphatic heterocycles. The van der Waals surface area contributed by atoms with Crippen molar-refractivity contribution in [3.8, 4) is 78.8 Å². The van der Waals surface area contributed by atoms with Gasteiger partial charge in [0, 0.05) is 33.0 Å². The van der Waals surface area contributed by atoms with Crippen molar-refractivity contribution in [3.63, 3.8) is 0 Å². The summed E-state index contributed by atoms with van der Waals surface area (Å²) in [5.41, 5.74) is 12.6. The van der Waals surface area contributed by atoms with Gasteiger partial charge in [-0.05, 0) is 103 Å². The minimum absolute atomic E-state index is 0.615. The molecule has 4 nitrogen and oxygen atoms in total. The molecule has 0 spiro atoms. The first kappa shape index (κ1) is 37.2. The third kappa shape index (κ3) is 6.94. The van der Waals surface area contributed by atoms with Gasteiger partial charge in [0.25, 0.3) is 0 Å². The lowest BCUT2D eigenvalue weighted by Gasteiger charge is -2.14. The predicted molar refractivity (Wildman–Crippen MR) is 266 cm³/mol. The Balaban J connectivity index is 0.990. The second-order valence-corrected chi connectivity index (χ2v) is 16.3. The van der Waals surface area contributed by atoms with Gasteiger partial charge in [0.05, 0.1) is 11.2 Å². The highest BCUT2D eigenvalue weighted by atomic mass is 15.0. The Labute approximate surface area is 370 Å². The van der Waals surface area contributed by atoms with Gasteiger partial charge >= 0.3 is 0 Å². The highest BCUT2D eigenvalue weighted by Crippen LogP contribution is 2.38. The Morgan fingerprint density at radius 3 is 1.27 bits per heavy atom. The normalized spacial score (nSPS) is 11.4. The van der Waals surface area contributed by atoms with Crippen LogP contribution in [0.1, 0.15) is 0 Å². The number of fused-ring (bicyclic) bond motifs is 5. The standard InChI is InChI=1S/C60H38N4/c1-3-14-42(15-4-1)58-62-59(43-16-5-2-6-17-43)64-60(63-58)52-37-50(41-25-23-40(24-26-41)45-28-27-39-13-7-8-18-44(39)33-45)36-51(38-52)48-30-29-47-35-49(32-31-46(47)34-48)57-55-21-10-9-19-53(55)54-20-11-12-22-56(54)61-57/h1-38H. The molecule has 0 aliphatic rings. The molecule has 12 rings (SSSR count). The largest absolute Gasteiger partial charge is 0.247 e. The number of rotatable bonds is 7. The number of benzene rings is 10. The summed E-state index contributed by atoms with van der Waals surface area (Å²) in [5.74, 6) is 1.88. The van der Waals surface area contributed by atoms with Crippen LogP contribution in [0.4, 0.5) is 0 Å². The first-order valence-corrected chi connectivity index (χ1v) is 21.6. The summed E-state index contributed by atoms with van der Waals surface area (Å²) in [6.07, 6.45) is 0. The van der Waals surface area contributed by atoms with Crippen LogP contribution in [0.25, 0.3) is 122 Å². The van der Waals surface area contributed by atoms with Crippen molar-refractivity contribution in [1.29, 1.82) is 0 Å². The number of hydrogen-bond acceptors (Lipinski definition) is 4. The van der Waals surface area contributed by atoms with Crippen LogP contribution in [0, 0.1) is 0 Å². The van der Waals surface area contributed by atoms with Gasteiger partial charge in [0.2, 0.25) is 0 Å². The van der Waals surface area contributed by atoms with Gasteiger partial charge in [-0.15, -0.1) is 0 Å². The summed E-state index contributed by atoms with van der Waals surface area (Å²) >= 11 is 0. The van der Waals surface area contributed by atoms with Gasteiger partial charge in [-0.25, -0.2) is 19.9 Å². The second-order valence-electron chi connectivity index (χ2n) is 16.3. The molecule has 4 heteroatoms. The molecular weight excluding hydrogens is 777 g/mol. The Hall–Kier alpha value is -8.60. The Bertz CT molecular complexity index is 3650. The van der Waals surface area contributed by atoms with Gasteiger partial charge in [-0.2, -0.15) is 0 Å². The molecule has 10 aromatic carbocycles. The molecule has 0 atom stereocenters. The maximum atomic E-state index is 5.19. The van der Waals surface area contributed by atoms with Crippen LogP contribution in [0.2, 0.25) is 0 Å². The molecule has 0 fully saturated rings. The number of pyridine rings is 1. The van der Waals surface area contributed by atoms with Crippen molar-refractivity contribution in [3.05, 3.63) is 231 Å². The monoisotopic (exact) mass is 814 g/mol. The quantitative estimate of drug-likeness (QED) is 0.150. The van der Waals surface area contributed by atoms with Gasteiger partial charge < -0.3 is 0 Å². The van der Waals surface area contributed by atoms with Crippen molar-refractivity contribution in [2.75, 3.05) is 0 Å². The lowest BCUT2D eigenvalue weighted by Crippen LogP contribution is -2.00. The van der Waals surface area contributed by atoms with E-state index < -0.39 is 0 Å². The van der Waals surface area contributed by atoms with E-state index in [-0.39, 0.29) is 0 Å². The zero-order valence-electron chi connectivity index (χ0n) is 34.7. The van der Waals surface area contributed by atoms with Gasteiger partial charge in [-0.3, -0.25) is 0 Å². The van der Waals surface area contributed by atoms with E-state index >= 15 is 0 Å². The maximum Gasteiger partial charge on any atom is 0.164 e. The SMILES string of the molecule is c1ccc(-c2nc(-c3ccccc3)nc(-c3cc(-c4ccc(-c5ccc6ccccc6c5)cc4)cc(-c4ccc5cc(-c6nc7ccccc7c7ccccc67)ccc5c4)c3)n2)cc1. The van der Waals surface area contributed by atoms with Crippen LogP contribution in [0.5, 0.6) is 0 Å². The molecular formula is C60H38N4. The van der Waals surface area contributed by atoms with Crippen LogP contribution < -0.4 is 0 Å². The molecule has 12 aromatic rings. The lowest BCUT2D eigenvalue weighted by atomic mass is 9.93. The maximum absolute atomic E-state index is 5.19. The van der Waals surface area contributed by atoms with Crippen molar-refractivity contribution in [2.24, 2.45) is 0 Å². The van der Waals surface area contributed by atoms with E-state index in [9.17, 15) is 0 Å². The average Bonchev–Trinajstić information content (AvgIpc) is 3.38. The van der Waals surface area contributed by atoms with E-state index in [0.717, 1.165) is 71.9 Å². The second kappa shape index (κ2) is 15.7. The molecule has 0 radical (unpaired) electrons. The molecule has 0 bridgehead atoms. The first-order chi connectivity index (χ1) is 31.7. The van der Waals surface area contributed by atoms with Crippen molar-refractivity contribution < 1.29 is 0 Å². The Morgan fingerprint density at radius 2 is 0.609 bits per heavy atom. The summed E-state index contributed by atoms with van der Waals surface area (Å²) in [7, 11) is 0. The first-order valence-electron chi connectivity index (χ1n) is 21.6. The zero-order chi connectivity index (χ0) is 42.4. The van der Waals surface area contributed by atoms with Crippen LogP contribution >= 0.6 is 0 Å². The molecule has 0 aliphatic carbocycles. The lowest BCUT2D eigenvalue weighted by molar-refractivity contribution is 1.07. The molecule has 0 saturated heterocycles.